The van der Waals surface area contributed by atoms with Gasteiger partial charge in [-0.3, -0.25) is 0 Å². The minimum atomic E-state index is -0.373. The van der Waals surface area contributed by atoms with Gasteiger partial charge in [0, 0.05) is 11.6 Å². The fraction of sp³-hybridized carbons (Fsp3) is 0.357. The van der Waals surface area contributed by atoms with Crippen LogP contribution in [0.3, 0.4) is 0 Å². The van der Waals surface area contributed by atoms with Crippen molar-refractivity contribution in [1.29, 1.82) is 0 Å². The average molecular weight is 234 g/mol. The Morgan fingerprint density at radius 2 is 2.00 bits per heavy atom. The van der Waals surface area contributed by atoms with Gasteiger partial charge in [-0.15, -0.1) is 0 Å². The van der Waals surface area contributed by atoms with Crippen molar-refractivity contribution < 1.29 is 14.3 Å². The van der Waals surface area contributed by atoms with Crippen LogP contribution in [0.5, 0.6) is 5.75 Å². The average Bonchev–Trinajstić information content (AvgIpc) is 2.34. The molecule has 0 heterocycles. The number of ether oxygens (including phenoxy) is 2. The SMILES string of the molecule is COC(=O)/C=C/c1cccc(C(C)C)c1OC. The second kappa shape index (κ2) is 6.09. The molecular formula is C14H18O3. The number of methoxy groups -OCH3 is 2. The maximum absolute atomic E-state index is 11.1. The Bertz CT molecular complexity index is 419. The minimum absolute atomic E-state index is 0.372. The standard InChI is InChI=1S/C14H18O3/c1-10(2)12-7-5-6-11(14(12)17-4)8-9-13(15)16-3/h5-10H,1-4H3/b9-8+. The van der Waals surface area contributed by atoms with E-state index < -0.39 is 0 Å². The highest BCUT2D eigenvalue weighted by atomic mass is 16.5. The van der Waals surface area contributed by atoms with Gasteiger partial charge in [0.25, 0.3) is 0 Å². The Kier molecular flexibility index (Phi) is 4.76. The summed E-state index contributed by atoms with van der Waals surface area (Å²) in [5, 5.41) is 0. The molecule has 0 radical (unpaired) electrons. The van der Waals surface area contributed by atoms with Crippen LogP contribution in [0.25, 0.3) is 6.08 Å². The molecule has 92 valence electrons. The molecule has 0 atom stereocenters. The van der Waals surface area contributed by atoms with Crippen molar-refractivity contribution in [2.75, 3.05) is 14.2 Å². The number of rotatable bonds is 4. The molecular weight excluding hydrogens is 216 g/mol. The first-order valence-corrected chi connectivity index (χ1v) is 5.53. The molecule has 0 fully saturated rings. The van der Waals surface area contributed by atoms with Crippen LogP contribution < -0.4 is 4.74 Å². The van der Waals surface area contributed by atoms with Gasteiger partial charge >= 0.3 is 5.97 Å². The fourth-order valence-corrected chi connectivity index (χ4v) is 1.62. The first-order valence-electron chi connectivity index (χ1n) is 5.53. The van der Waals surface area contributed by atoms with Crippen LogP contribution in [-0.4, -0.2) is 20.2 Å². The normalized spacial score (nSPS) is 10.9. The third kappa shape index (κ3) is 3.34. The fourth-order valence-electron chi connectivity index (χ4n) is 1.62. The van der Waals surface area contributed by atoms with Gasteiger partial charge in [-0.25, -0.2) is 4.79 Å². The van der Waals surface area contributed by atoms with Crippen molar-refractivity contribution in [1.82, 2.24) is 0 Å². The van der Waals surface area contributed by atoms with Gasteiger partial charge in [-0.1, -0.05) is 32.0 Å². The smallest absolute Gasteiger partial charge is 0.330 e. The minimum Gasteiger partial charge on any atom is -0.496 e. The summed E-state index contributed by atoms with van der Waals surface area (Å²) in [5.74, 6) is 0.807. The summed E-state index contributed by atoms with van der Waals surface area (Å²) >= 11 is 0. The third-order valence-corrected chi connectivity index (χ3v) is 2.50. The number of benzene rings is 1. The van der Waals surface area contributed by atoms with Crippen LogP contribution in [0.4, 0.5) is 0 Å². The van der Waals surface area contributed by atoms with Gasteiger partial charge in [-0.05, 0) is 17.6 Å². The van der Waals surface area contributed by atoms with Crippen molar-refractivity contribution in [3.8, 4) is 5.75 Å². The Balaban J connectivity index is 3.11. The van der Waals surface area contributed by atoms with E-state index in [1.807, 2.05) is 18.2 Å². The van der Waals surface area contributed by atoms with E-state index in [2.05, 4.69) is 18.6 Å². The molecule has 0 aliphatic carbocycles. The zero-order chi connectivity index (χ0) is 12.8. The molecule has 1 aromatic rings. The number of esters is 1. The zero-order valence-electron chi connectivity index (χ0n) is 10.7. The van der Waals surface area contributed by atoms with Crippen molar-refractivity contribution in [3.63, 3.8) is 0 Å². The zero-order valence-corrected chi connectivity index (χ0v) is 10.7. The molecule has 0 bridgehead atoms. The van der Waals surface area contributed by atoms with Crippen LogP contribution in [0.15, 0.2) is 24.3 Å². The van der Waals surface area contributed by atoms with E-state index in [9.17, 15) is 4.79 Å². The summed E-state index contributed by atoms with van der Waals surface area (Å²) < 4.78 is 9.96. The molecule has 0 spiro atoms. The molecule has 1 aromatic carbocycles. The van der Waals surface area contributed by atoms with E-state index >= 15 is 0 Å². The lowest BCUT2D eigenvalue weighted by Crippen LogP contribution is -1.97. The Labute approximate surface area is 102 Å². The molecule has 0 N–H and O–H groups in total. The quantitative estimate of drug-likeness (QED) is 0.593. The lowest BCUT2D eigenvalue weighted by atomic mass is 9.99. The maximum Gasteiger partial charge on any atom is 0.330 e. The van der Waals surface area contributed by atoms with E-state index in [1.165, 1.54) is 13.2 Å². The van der Waals surface area contributed by atoms with E-state index in [0.717, 1.165) is 16.9 Å². The summed E-state index contributed by atoms with van der Waals surface area (Å²) in [4.78, 5) is 11.1. The molecule has 0 saturated carbocycles. The van der Waals surface area contributed by atoms with E-state index in [1.54, 1.807) is 13.2 Å². The van der Waals surface area contributed by atoms with Crippen LogP contribution in [0.2, 0.25) is 0 Å². The molecule has 0 amide bonds. The molecule has 0 aliphatic heterocycles. The number of carbonyl (C=O) groups excluding carboxylic acids is 1. The highest BCUT2D eigenvalue weighted by Crippen LogP contribution is 2.30. The van der Waals surface area contributed by atoms with Gasteiger partial charge in [0.05, 0.1) is 14.2 Å². The second-order valence-electron chi connectivity index (χ2n) is 3.98. The lowest BCUT2D eigenvalue weighted by Gasteiger charge is -2.13. The molecule has 0 saturated heterocycles. The van der Waals surface area contributed by atoms with E-state index in [0.29, 0.717) is 5.92 Å². The van der Waals surface area contributed by atoms with Crippen LogP contribution in [-0.2, 0) is 9.53 Å². The van der Waals surface area contributed by atoms with Crippen LogP contribution in [0.1, 0.15) is 30.9 Å². The van der Waals surface area contributed by atoms with Crippen LogP contribution >= 0.6 is 0 Å². The molecule has 0 unspecified atom stereocenters. The summed E-state index contributed by atoms with van der Waals surface area (Å²) in [5.41, 5.74) is 2.00. The first-order chi connectivity index (χ1) is 8.10. The lowest BCUT2D eigenvalue weighted by molar-refractivity contribution is -0.134. The van der Waals surface area contributed by atoms with Crippen molar-refractivity contribution in [2.24, 2.45) is 0 Å². The first kappa shape index (κ1) is 13.3. The highest BCUT2D eigenvalue weighted by Gasteiger charge is 2.10. The number of hydrogen-bond donors (Lipinski definition) is 0. The third-order valence-electron chi connectivity index (χ3n) is 2.50. The predicted molar refractivity (Wildman–Crippen MR) is 68.1 cm³/mol. The van der Waals surface area contributed by atoms with Gasteiger partial charge < -0.3 is 9.47 Å². The second-order valence-corrected chi connectivity index (χ2v) is 3.98. The monoisotopic (exact) mass is 234 g/mol. The largest absolute Gasteiger partial charge is 0.496 e. The molecule has 3 heteroatoms. The van der Waals surface area contributed by atoms with Gasteiger partial charge in [-0.2, -0.15) is 0 Å². The maximum atomic E-state index is 11.1. The van der Waals surface area contributed by atoms with Crippen molar-refractivity contribution in [2.45, 2.75) is 19.8 Å². The number of hydrogen-bond acceptors (Lipinski definition) is 3. The summed E-state index contributed by atoms with van der Waals surface area (Å²) in [6.07, 6.45) is 3.10. The topological polar surface area (TPSA) is 35.5 Å². The van der Waals surface area contributed by atoms with Gasteiger partial charge in [0.15, 0.2) is 0 Å². The van der Waals surface area contributed by atoms with E-state index in [-0.39, 0.29) is 5.97 Å². The number of carbonyl (C=O) groups is 1. The Hall–Kier alpha value is -1.77. The molecule has 17 heavy (non-hydrogen) atoms. The molecule has 1 rings (SSSR count). The highest BCUT2D eigenvalue weighted by molar-refractivity contribution is 5.87. The Morgan fingerprint density at radius 1 is 1.29 bits per heavy atom. The van der Waals surface area contributed by atoms with Crippen molar-refractivity contribution in [3.05, 3.63) is 35.4 Å². The molecule has 0 aliphatic rings. The Morgan fingerprint density at radius 3 is 2.53 bits per heavy atom. The summed E-state index contributed by atoms with van der Waals surface area (Å²) in [7, 11) is 2.99. The predicted octanol–water partition coefficient (Wildman–Crippen LogP) is 3.00. The van der Waals surface area contributed by atoms with Gasteiger partial charge in [0.1, 0.15) is 5.75 Å². The summed E-state index contributed by atoms with van der Waals surface area (Å²) in [6.45, 7) is 4.21. The van der Waals surface area contributed by atoms with Crippen molar-refractivity contribution >= 4 is 12.0 Å². The van der Waals surface area contributed by atoms with Crippen LogP contribution in [0, 0.1) is 0 Å². The molecule has 3 nitrogen and oxygen atoms in total. The van der Waals surface area contributed by atoms with Gasteiger partial charge in [0.2, 0.25) is 0 Å². The summed E-state index contributed by atoms with van der Waals surface area (Å²) in [6, 6.07) is 5.89. The van der Waals surface area contributed by atoms with E-state index in [4.69, 9.17) is 4.74 Å². The number of para-hydroxylation sites is 1. The molecule has 0 aromatic heterocycles.